The van der Waals surface area contributed by atoms with Crippen LogP contribution in [-0.4, -0.2) is 43.5 Å². The van der Waals surface area contributed by atoms with E-state index in [1.807, 2.05) is 6.08 Å². The van der Waals surface area contributed by atoms with E-state index in [9.17, 15) is 20.1 Å². The Hall–Kier alpha value is -1.79. The molecular formula is C31H46N2O4. The molecule has 6 nitrogen and oxygen atoms in total. The van der Waals surface area contributed by atoms with E-state index in [1.54, 1.807) is 6.20 Å². The molecule has 1 aromatic heterocycles. The van der Waals surface area contributed by atoms with Crippen LogP contribution in [0.2, 0.25) is 0 Å². The van der Waals surface area contributed by atoms with Crippen LogP contribution in [0.1, 0.15) is 102 Å². The summed E-state index contributed by atoms with van der Waals surface area (Å²) in [6.07, 6.45) is 15.9. The molecule has 0 aromatic carbocycles. The van der Waals surface area contributed by atoms with Gasteiger partial charge >= 0.3 is 5.97 Å². The van der Waals surface area contributed by atoms with E-state index >= 15 is 0 Å². The molecule has 4 saturated carbocycles. The zero-order chi connectivity index (χ0) is 26.5. The number of carboxylic acid groups (broad SMARTS) is 1. The van der Waals surface area contributed by atoms with Gasteiger partial charge in [0.1, 0.15) is 6.33 Å². The molecule has 4 fully saturated rings. The van der Waals surface area contributed by atoms with Crippen molar-refractivity contribution >= 4 is 12.0 Å². The highest BCUT2D eigenvalue weighted by atomic mass is 16.4. The Labute approximate surface area is 222 Å². The maximum absolute atomic E-state index is 11.9. The van der Waals surface area contributed by atoms with Crippen molar-refractivity contribution in [2.45, 2.75) is 97.7 Å². The molecule has 1 aromatic rings. The Kier molecular flexibility index (Phi) is 7.29. The van der Waals surface area contributed by atoms with Gasteiger partial charge in [0.25, 0.3) is 0 Å². The normalized spacial score (nSPS) is 44.2. The highest BCUT2D eigenvalue weighted by Gasteiger charge is 2.64. The lowest BCUT2D eigenvalue weighted by Crippen LogP contribution is -2.62. The zero-order valence-electron chi connectivity index (χ0n) is 23.0. The maximum Gasteiger partial charge on any atom is 0.355 e. The first-order valence-corrected chi connectivity index (χ1v) is 14.7. The predicted octanol–water partition coefficient (Wildman–Crippen LogP) is 5.84. The molecule has 5 rings (SSSR count). The van der Waals surface area contributed by atoms with Crippen molar-refractivity contribution in [1.29, 1.82) is 0 Å². The number of aromatic nitrogens is 2. The van der Waals surface area contributed by atoms with Crippen LogP contribution in [0, 0.1) is 52.3 Å². The molecular weight excluding hydrogens is 464 g/mol. The predicted molar refractivity (Wildman–Crippen MR) is 144 cm³/mol. The van der Waals surface area contributed by atoms with Crippen molar-refractivity contribution in [3.63, 3.8) is 0 Å². The van der Waals surface area contributed by atoms with Crippen LogP contribution in [0.15, 0.2) is 18.6 Å². The average Bonchev–Trinajstić information content (AvgIpc) is 3.22. The van der Waals surface area contributed by atoms with Gasteiger partial charge in [0.05, 0.1) is 12.2 Å². The Bertz CT molecular complexity index is 1030. The smallest absolute Gasteiger partial charge is 0.355 e. The van der Waals surface area contributed by atoms with Crippen molar-refractivity contribution in [3.05, 3.63) is 29.9 Å². The summed E-state index contributed by atoms with van der Waals surface area (Å²) >= 11 is 0. The average molecular weight is 511 g/mol. The Morgan fingerprint density at radius 3 is 2.57 bits per heavy atom. The number of aromatic carboxylic acids is 1. The first kappa shape index (κ1) is 26.8. The Morgan fingerprint density at radius 1 is 1.11 bits per heavy atom. The Morgan fingerprint density at radius 2 is 1.84 bits per heavy atom. The molecule has 204 valence electrons. The van der Waals surface area contributed by atoms with Gasteiger partial charge in [-0.05, 0) is 104 Å². The largest absolute Gasteiger partial charge is 0.476 e. The summed E-state index contributed by atoms with van der Waals surface area (Å²) in [6, 6.07) is 0. The number of aliphatic hydroxyl groups excluding tert-OH is 2. The molecule has 1 heterocycles. The molecule has 0 spiro atoms. The molecule has 6 heteroatoms. The van der Waals surface area contributed by atoms with Gasteiger partial charge < -0.3 is 15.3 Å². The third kappa shape index (κ3) is 4.36. The SMILES string of the molecule is CC[C@H]1[C@@H](O)C2C3CC[C@H]([C@H](C)C/C=C/c4cncnc4C(=O)O)[C@@]3(C)CCC2[C@@]2(C)CC[C@@H](O)C[C@@H]12. The minimum atomic E-state index is -1.03. The van der Waals surface area contributed by atoms with Crippen LogP contribution in [-0.2, 0) is 0 Å². The van der Waals surface area contributed by atoms with Crippen molar-refractivity contribution in [1.82, 2.24) is 9.97 Å². The first-order chi connectivity index (χ1) is 17.6. The Balaban J connectivity index is 1.34. The fourth-order valence-electron chi connectivity index (χ4n) is 10.1. The number of carbonyl (C=O) groups is 1. The van der Waals surface area contributed by atoms with Gasteiger partial charge in [-0.2, -0.15) is 0 Å². The number of allylic oxidation sites excluding steroid dienone is 1. The molecule has 3 N–H and O–H groups in total. The van der Waals surface area contributed by atoms with E-state index in [1.165, 1.54) is 32.0 Å². The summed E-state index contributed by atoms with van der Waals surface area (Å²) in [5.74, 6) is 2.25. The number of fused-ring (bicyclic) bond motifs is 5. The minimum Gasteiger partial charge on any atom is -0.476 e. The standard InChI is InChI=1S/C31H46N2O4/c1-5-21-25-15-20(34)11-13-31(25,4)24-12-14-30(3)22(9-10-23(30)26(24)28(21)35)18(2)7-6-8-19-16-32-17-33-27(19)29(36)37/h6,8,16-18,20-26,28,34-35H,5,7,9-15H2,1-4H3,(H,36,37)/b8-6+/t18-,20-,21-,22-,23?,24?,25+,26?,28-,30-,31-/m1/s1. The molecule has 0 saturated heterocycles. The molecule has 37 heavy (non-hydrogen) atoms. The van der Waals surface area contributed by atoms with E-state index < -0.39 is 5.97 Å². The summed E-state index contributed by atoms with van der Waals surface area (Å²) in [5, 5.41) is 31.8. The van der Waals surface area contributed by atoms with Gasteiger partial charge in [0.2, 0.25) is 0 Å². The lowest BCUT2D eigenvalue weighted by molar-refractivity contribution is -0.203. The lowest BCUT2D eigenvalue weighted by atomic mass is 9.41. The van der Waals surface area contributed by atoms with Gasteiger partial charge in [-0.3, -0.25) is 0 Å². The van der Waals surface area contributed by atoms with Crippen LogP contribution in [0.3, 0.4) is 0 Å². The summed E-state index contributed by atoms with van der Waals surface area (Å²) < 4.78 is 0. The van der Waals surface area contributed by atoms with E-state index in [0.29, 0.717) is 47.0 Å². The number of carboxylic acids is 1. The third-order valence-corrected chi connectivity index (χ3v) is 11.9. The highest BCUT2D eigenvalue weighted by molar-refractivity contribution is 5.89. The number of hydrogen-bond acceptors (Lipinski definition) is 5. The number of rotatable bonds is 6. The quantitative estimate of drug-likeness (QED) is 0.444. The second-order valence-corrected chi connectivity index (χ2v) is 13.4. The maximum atomic E-state index is 11.9. The second kappa shape index (κ2) is 10.1. The van der Waals surface area contributed by atoms with Crippen LogP contribution in [0.25, 0.3) is 6.08 Å². The van der Waals surface area contributed by atoms with E-state index in [-0.39, 0.29) is 28.7 Å². The van der Waals surface area contributed by atoms with Crippen molar-refractivity contribution in [3.8, 4) is 0 Å². The highest BCUT2D eigenvalue weighted by Crippen LogP contribution is 2.69. The lowest BCUT2D eigenvalue weighted by Gasteiger charge is -2.64. The van der Waals surface area contributed by atoms with Crippen LogP contribution in [0.5, 0.6) is 0 Å². The van der Waals surface area contributed by atoms with Crippen LogP contribution < -0.4 is 0 Å². The third-order valence-electron chi connectivity index (χ3n) is 11.9. The van der Waals surface area contributed by atoms with Crippen molar-refractivity contribution in [2.75, 3.05) is 0 Å². The van der Waals surface area contributed by atoms with Gasteiger partial charge in [-0.15, -0.1) is 0 Å². The summed E-state index contributed by atoms with van der Waals surface area (Å²) in [5.41, 5.74) is 1.06. The fraction of sp³-hybridized carbons (Fsp3) is 0.774. The van der Waals surface area contributed by atoms with E-state index in [4.69, 9.17) is 0 Å². The molecule has 0 bridgehead atoms. The molecule has 3 unspecified atom stereocenters. The molecule has 4 aliphatic carbocycles. The van der Waals surface area contributed by atoms with Crippen LogP contribution >= 0.6 is 0 Å². The molecule has 0 amide bonds. The van der Waals surface area contributed by atoms with Gasteiger partial charge in [0, 0.05) is 11.8 Å². The van der Waals surface area contributed by atoms with E-state index in [0.717, 1.165) is 32.1 Å². The molecule has 0 radical (unpaired) electrons. The number of nitrogens with zero attached hydrogens (tertiary/aromatic N) is 2. The van der Waals surface area contributed by atoms with Crippen molar-refractivity contribution in [2.24, 2.45) is 52.3 Å². The summed E-state index contributed by atoms with van der Waals surface area (Å²) in [6.45, 7) is 9.58. The van der Waals surface area contributed by atoms with Gasteiger partial charge in [-0.25, -0.2) is 14.8 Å². The monoisotopic (exact) mass is 510 g/mol. The summed E-state index contributed by atoms with van der Waals surface area (Å²) in [4.78, 5) is 19.4. The second-order valence-electron chi connectivity index (χ2n) is 13.4. The van der Waals surface area contributed by atoms with Gasteiger partial charge in [-0.1, -0.05) is 46.3 Å². The molecule has 4 aliphatic rings. The number of hydrogen-bond donors (Lipinski definition) is 3. The topological polar surface area (TPSA) is 104 Å². The van der Waals surface area contributed by atoms with Gasteiger partial charge in [0.15, 0.2) is 5.69 Å². The summed E-state index contributed by atoms with van der Waals surface area (Å²) in [7, 11) is 0. The van der Waals surface area contributed by atoms with Crippen molar-refractivity contribution < 1.29 is 20.1 Å². The van der Waals surface area contributed by atoms with Crippen LogP contribution in [0.4, 0.5) is 0 Å². The van der Waals surface area contributed by atoms with E-state index in [2.05, 4.69) is 43.7 Å². The number of aliphatic hydroxyl groups is 2. The first-order valence-electron chi connectivity index (χ1n) is 14.7. The molecule has 11 atom stereocenters. The fourth-order valence-corrected chi connectivity index (χ4v) is 10.1. The minimum absolute atomic E-state index is 0.0453. The molecule has 0 aliphatic heterocycles. The zero-order valence-corrected chi connectivity index (χ0v) is 23.0.